The molecule has 2 rings (SSSR count). The van der Waals surface area contributed by atoms with E-state index in [-0.39, 0.29) is 22.6 Å². The number of nitrogen functional groups attached to an aromatic ring is 1. The lowest BCUT2D eigenvalue weighted by Crippen LogP contribution is -2.04. The van der Waals surface area contributed by atoms with Gasteiger partial charge in [0, 0.05) is 11.3 Å². The average molecular weight is 253 g/mol. The summed E-state index contributed by atoms with van der Waals surface area (Å²) in [6.07, 6.45) is -4.42. The first-order valence-corrected chi connectivity index (χ1v) is 5.14. The van der Waals surface area contributed by atoms with Crippen molar-refractivity contribution < 1.29 is 18.3 Å². The maximum absolute atomic E-state index is 12.6. The summed E-state index contributed by atoms with van der Waals surface area (Å²) in [4.78, 5) is 0. The lowest BCUT2D eigenvalue weighted by atomic mass is 10.0. The summed E-state index contributed by atoms with van der Waals surface area (Å²) in [7, 11) is 0. The fourth-order valence-electron chi connectivity index (χ4n) is 1.72. The Bertz CT molecular complexity index is 558. The van der Waals surface area contributed by atoms with Gasteiger partial charge in [-0.15, -0.1) is 0 Å². The quantitative estimate of drug-likeness (QED) is 0.762. The standard InChI is InChI=1S/C13H10F3NO/c14-13(15,16)9-4-1-3-8(7-9)12-10(17)5-2-6-11(12)18/h1-7,18H,17H2. The van der Waals surface area contributed by atoms with Gasteiger partial charge in [-0.05, 0) is 29.8 Å². The summed E-state index contributed by atoms with van der Waals surface area (Å²) in [6.45, 7) is 0. The number of hydrogen-bond acceptors (Lipinski definition) is 2. The molecule has 2 aromatic carbocycles. The van der Waals surface area contributed by atoms with Crippen LogP contribution in [0.2, 0.25) is 0 Å². The molecule has 0 heterocycles. The van der Waals surface area contributed by atoms with E-state index in [0.29, 0.717) is 0 Å². The normalized spacial score (nSPS) is 11.5. The molecule has 0 unspecified atom stereocenters. The van der Waals surface area contributed by atoms with Crippen LogP contribution in [0.4, 0.5) is 18.9 Å². The third-order valence-corrected chi connectivity index (χ3v) is 2.55. The van der Waals surface area contributed by atoms with E-state index in [9.17, 15) is 18.3 Å². The molecule has 0 aliphatic carbocycles. The minimum absolute atomic E-state index is 0.144. The molecule has 94 valence electrons. The molecule has 0 fully saturated rings. The van der Waals surface area contributed by atoms with E-state index in [4.69, 9.17) is 5.73 Å². The van der Waals surface area contributed by atoms with Crippen LogP contribution >= 0.6 is 0 Å². The van der Waals surface area contributed by atoms with Gasteiger partial charge in [0.15, 0.2) is 0 Å². The lowest BCUT2D eigenvalue weighted by molar-refractivity contribution is -0.137. The van der Waals surface area contributed by atoms with Gasteiger partial charge in [0.2, 0.25) is 0 Å². The Morgan fingerprint density at radius 1 is 1.00 bits per heavy atom. The van der Waals surface area contributed by atoms with Gasteiger partial charge in [-0.2, -0.15) is 13.2 Å². The topological polar surface area (TPSA) is 46.2 Å². The van der Waals surface area contributed by atoms with Crippen molar-refractivity contribution in [3.63, 3.8) is 0 Å². The van der Waals surface area contributed by atoms with E-state index < -0.39 is 11.7 Å². The molecule has 18 heavy (non-hydrogen) atoms. The van der Waals surface area contributed by atoms with Crippen LogP contribution in [0.25, 0.3) is 11.1 Å². The molecule has 0 atom stereocenters. The molecule has 3 N–H and O–H groups in total. The lowest BCUT2D eigenvalue weighted by Gasteiger charge is -2.11. The van der Waals surface area contributed by atoms with Gasteiger partial charge in [0.1, 0.15) is 5.75 Å². The fraction of sp³-hybridized carbons (Fsp3) is 0.0769. The van der Waals surface area contributed by atoms with E-state index in [0.717, 1.165) is 12.1 Å². The second-order valence-corrected chi connectivity index (χ2v) is 3.82. The molecule has 5 heteroatoms. The first kappa shape index (κ1) is 12.3. The van der Waals surface area contributed by atoms with Crippen LogP contribution in [0.3, 0.4) is 0 Å². The number of nitrogens with two attached hydrogens (primary N) is 1. The molecule has 0 aromatic heterocycles. The molecule has 2 nitrogen and oxygen atoms in total. The molecule has 0 saturated carbocycles. The summed E-state index contributed by atoms with van der Waals surface area (Å²) < 4.78 is 37.8. The molecule has 0 amide bonds. The molecule has 0 spiro atoms. The first-order chi connectivity index (χ1) is 8.39. The molecule has 0 radical (unpaired) electrons. The number of hydrogen-bond donors (Lipinski definition) is 2. The molecule has 0 aliphatic rings. The second-order valence-electron chi connectivity index (χ2n) is 3.82. The number of alkyl halides is 3. The number of aromatic hydroxyl groups is 1. The summed E-state index contributed by atoms with van der Waals surface area (Å²) in [5.41, 5.74) is 5.57. The third kappa shape index (κ3) is 2.25. The van der Waals surface area contributed by atoms with E-state index in [1.807, 2.05) is 0 Å². The van der Waals surface area contributed by atoms with Gasteiger partial charge >= 0.3 is 6.18 Å². The molecule has 0 bridgehead atoms. The minimum atomic E-state index is -4.42. The van der Waals surface area contributed by atoms with Crippen molar-refractivity contribution in [1.29, 1.82) is 0 Å². The monoisotopic (exact) mass is 253 g/mol. The van der Waals surface area contributed by atoms with Crippen molar-refractivity contribution >= 4 is 5.69 Å². The number of halogens is 3. The number of phenolic OH excluding ortho intramolecular Hbond substituents is 1. The van der Waals surface area contributed by atoms with Crippen LogP contribution in [-0.2, 0) is 6.18 Å². The predicted octanol–water partition coefficient (Wildman–Crippen LogP) is 3.66. The van der Waals surface area contributed by atoms with E-state index in [1.54, 1.807) is 0 Å². The van der Waals surface area contributed by atoms with Crippen LogP contribution in [0, 0.1) is 0 Å². The Morgan fingerprint density at radius 2 is 1.67 bits per heavy atom. The average Bonchev–Trinajstić information content (AvgIpc) is 2.28. The molecule has 0 saturated heterocycles. The number of benzene rings is 2. The fourth-order valence-corrected chi connectivity index (χ4v) is 1.72. The van der Waals surface area contributed by atoms with E-state index in [2.05, 4.69) is 0 Å². The maximum Gasteiger partial charge on any atom is 0.416 e. The maximum atomic E-state index is 12.6. The van der Waals surface area contributed by atoms with Crippen LogP contribution in [-0.4, -0.2) is 5.11 Å². The first-order valence-electron chi connectivity index (χ1n) is 5.14. The van der Waals surface area contributed by atoms with E-state index >= 15 is 0 Å². The van der Waals surface area contributed by atoms with Crippen LogP contribution in [0.5, 0.6) is 5.75 Å². The van der Waals surface area contributed by atoms with Crippen molar-refractivity contribution in [2.45, 2.75) is 6.18 Å². The van der Waals surface area contributed by atoms with E-state index in [1.165, 1.54) is 30.3 Å². The molecular formula is C13H10F3NO. The number of phenols is 1. The smallest absolute Gasteiger partial charge is 0.416 e. The Kier molecular flexibility index (Phi) is 2.90. The zero-order valence-corrected chi connectivity index (χ0v) is 9.20. The summed E-state index contributed by atoms with van der Waals surface area (Å²) in [6, 6.07) is 9.12. The van der Waals surface area contributed by atoms with Crippen LogP contribution in [0.15, 0.2) is 42.5 Å². The zero-order valence-electron chi connectivity index (χ0n) is 9.20. The van der Waals surface area contributed by atoms with Gasteiger partial charge < -0.3 is 10.8 Å². The van der Waals surface area contributed by atoms with Gasteiger partial charge in [0.25, 0.3) is 0 Å². The van der Waals surface area contributed by atoms with Gasteiger partial charge in [0.05, 0.1) is 5.56 Å². The van der Waals surface area contributed by atoms with Crippen molar-refractivity contribution in [3.05, 3.63) is 48.0 Å². The Hall–Kier alpha value is -2.17. The van der Waals surface area contributed by atoms with Gasteiger partial charge in [-0.25, -0.2) is 0 Å². The molecular weight excluding hydrogens is 243 g/mol. The van der Waals surface area contributed by atoms with Gasteiger partial charge in [-0.3, -0.25) is 0 Å². The number of anilines is 1. The zero-order chi connectivity index (χ0) is 13.3. The Morgan fingerprint density at radius 3 is 2.28 bits per heavy atom. The third-order valence-electron chi connectivity index (χ3n) is 2.55. The molecule has 0 aliphatic heterocycles. The largest absolute Gasteiger partial charge is 0.507 e. The Balaban J connectivity index is 2.59. The highest BCUT2D eigenvalue weighted by Gasteiger charge is 2.30. The van der Waals surface area contributed by atoms with Crippen molar-refractivity contribution in [2.75, 3.05) is 5.73 Å². The van der Waals surface area contributed by atoms with Crippen LogP contribution < -0.4 is 5.73 Å². The van der Waals surface area contributed by atoms with Crippen LogP contribution in [0.1, 0.15) is 5.56 Å². The molecule has 2 aromatic rings. The SMILES string of the molecule is Nc1cccc(O)c1-c1cccc(C(F)(F)F)c1. The van der Waals surface area contributed by atoms with Gasteiger partial charge in [-0.1, -0.05) is 18.2 Å². The summed E-state index contributed by atoms with van der Waals surface area (Å²) in [5, 5.41) is 9.68. The predicted molar refractivity (Wildman–Crippen MR) is 63.0 cm³/mol. The highest BCUT2D eigenvalue weighted by Crippen LogP contribution is 2.37. The van der Waals surface area contributed by atoms with Crippen molar-refractivity contribution in [3.8, 4) is 16.9 Å². The summed E-state index contributed by atoms with van der Waals surface area (Å²) >= 11 is 0. The van der Waals surface area contributed by atoms with Crippen molar-refractivity contribution in [2.24, 2.45) is 0 Å². The highest BCUT2D eigenvalue weighted by atomic mass is 19.4. The Labute approximate surface area is 101 Å². The minimum Gasteiger partial charge on any atom is -0.507 e. The number of rotatable bonds is 1. The summed E-state index contributed by atoms with van der Waals surface area (Å²) in [5.74, 6) is -0.144. The second kappa shape index (κ2) is 4.25. The highest BCUT2D eigenvalue weighted by molar-refractivity contribution is 5.81. The van der Waals surface area contributed by atoms with Crippen molar-refractivity contribution in [1.82, 2.24) is 0 Å².